The number of halogens is 2. The van der Waals surface area contributed by atoms with Crippen molar-refractivity contribution in [3.63, 3.8) is 0 Å². The SMILES string of the molecule is O=C(Nc1cc(Cl)ccc1[N+](=O)[O-])c1ccccc1I. The molecule has 7 heteroatoms. The summed E-state index contributed by atoms with van der Waals surface area (Å²) in [6.07, 6.45) is 0. The lowest BCUT2D eigenvalue weighted by Gasteiger charge is -2.07. The number of carbonyl (C=O) groups is 1. The quantitative estimate of drug-likeness (QED) is 0.477. The van der Waals surface area contributed by atoms with Crippen molar-refractivity contribution in [1.82, 2.24) is 0 Å². The minimum atomic E-state index is -0.568. The van der Waals surface area contributed by atoms with Crippen LogP contribution in [0.5, 0.6) is 0 Å². The predicted molar refractivity (Wildman–Crippen MR) is 85.2 cm³/mol. The Balaban J connectivity index is 2.35. The van der Waals surface area contributed by atoms with E-state index in [9.17, 15) is 14.9 Å². The molecule has 0 spiro atoms. The van der Waals surface area contributed by atoms with Crippen LogP contribution in [0.25, 0.3) is 0 Å². The molecule has 0 aliphatic carbocycles. The highest BCUT2D eigenvalue weighted by molar-refractivity contribution is 14.1. The molecular weight excluding hydrogens is 395 g/mol. The van der Waals surface area contributed by atoms with Gasteiger partial charge in [0.15, 0.2) is 0 Å². The number of anilines is 1. The van der Waals surface area contributed by atoms with E-state index < -0.39 is 10.8 Å². The number of rotatable bonds is 3. The Kier molecular flexibility index (Phi) is 4.56. The van der Waals surface area contributed by atoms with Crippen LogP contribution in [0.3, 0.4) is 0 Å². The van der Waals surface area contributed by atoms with Gasteiger partial charge in [-0.25, -0.2) is 0 Å². The maximum atomic E-state index is 12.1. The van der Waals surface area contributed by atoms with Gasteiger partial charge in [-0.05, 0) is 46.9 Å². The largest absolute Gasteiger partial charge is 0.316 e. The Morgan fingerprint density at radius 2 is 1.95 bits per heavy atom. The number of nitro benzene ring substituents is 1. The first-order valence-electron chi connectivity index (χ1n) is 5.49. The highest BCUT2D eigenvalue weighted by atomic mass is 127. The molecule has 2 rings (SSSR count). The van der Waals surface area contributed by atoms with Crippen LogP contribution < -0.4 is 5.32 Å². The van der Waals surface area contributed by atoms with Crippen molar-refractivity contribution in [2.75, 3.05) is 5.32 Å². The van der Waals surface area contributed by atoms with Gasteiger partial charge in [-0.1, -0.05) is 23.7 Å². The van der Waals surface area contributed by atoms with Gasteiger partial charge in [0.25, 0.3) is 11.6 Å². The maximum absolute atomic E-state index is 12.1. The van der Waals surface area contributed by atoms with Gasteiger partial charge in [-0.2, -0.15) is 0 Å². The summed E-state index contributed by atoms with van der Waals surface area (Å²) in [6, 6.07) is 11.0. The summed E-state index contributed by atoms with van der Waals surface area (Å²) in [6.45, 7) is 0. The van der Waals surface area contributed by atoms with Gasteiger partial charge < -0.3 is 5.32 Å². The van der Waals surface area contributed by atoms with E-state index in [1.807, 2.05) is 22.6 Å². The maximum Gasteiger partial charge on any atom is 0.292 e. The molecule has 0 fully saturated rings. The fourth-order valence-corrected chi connectivity index (χ4v) is 2.41. The molecule has 5 nitrogen and oxygen atoms in total. The molecule has 0 saturated carbocycles. The lowest BCUT2D eigenvalue weighted by Crippen LogP contribution is -2.14. The average molecular weight is 403 g/mol. The van der Waals surface area contributed by atoms with Crippen LogP contribution in [0.1, 0.15) is 10.4 Å². The molecule has 0 aromatic heterocycles. The average Bonchev–Trinajstić information content (AvgIpc) is 2.38. The fourth-order valence-electron chi connectivity index (χ4n) is 1.60. The van der Waals surface area contributed by atoms with Crippen LogP contribution in [0.2, 0.25) is 5.02 Å². The van der Waals surface area contributed by atoms with Crippen molar-refractivity contribution in [3.8, 4) is 0 Å². The molecule has 2 aromatic carbocycles. The van der Waals surface area contributed by atoms with E-state index in [2.05, 4.69) is 5.32 Å². The van der Waals surface area contributed by atoms with Crippen molar-refractivity contribution in [3.05, 3.63) is 66.7 Å². The second kappa shape index (κ2) is 6.19. The summed E-state index contributed by atoms with van der Waals surface area (Å²) >= 11 is 7.83. The minimum Gasteiger partial charge on any atom is -0.316 e. The Bertz CT molecular complexity index is 691. The third kappa shape index (κ3) is 3.26. The van der Waals surface area contributed by atoms with Gasteiger partial charge in [0, 0.05) is 14.7 Å². The summed E-state index contributed by atoms with van der Waals surface area (Å²) in [7, 11) is 0. The number of benzene rings is 2. The van der Waals surface area contributed by atoms with Gasteiger partial charge in [0.2, 0.25) is 0 Å². The van der Waals surface area contributed by atoms with Crippen LogP contribution in [0.15, 0.2) is 42.5 Å². The number of nitrogens with zero attached hydrogens (tertiary/aromatic N) is 1. The second-order valence-corrected chi connectivity index (χ2v) is 5.45. The van der Waals surface area contributed by atoms with Crippen LogP contribution in [0, 0.1) is 13.7 Å². The number of hydrogen-bond acceptors (Lipinski definition) is 3. The zero-order chi connectivity index (χ0) is 14.7. The predicted octanol–water partition coefficient (Wildman–Crippen LogP) is 4.11. The molecule has 1 amide bonds. The first kappa shape index (κ1) is 14.7. The Hall–Kier alpha value is -1.67. The van der Waals surface area contributed by atoms with Crippen molar-refractivity contribution < 1.29 is 9.72 Å². The number of carbonyl (C=O) groups excluding carboxylic acids is 1. The Morgan fingerprint density at radius 3 is 2.60 bits per heavy atom. The molecule has 0 aliphatic rings. The lowest BCUT2D eigenvalue weighted by atomic mass is 10.2. The molecule has 2 aromatic rings. The number of nitrogens with one attached hydrogen (secondary N) is 1. The number of amides is 1. The van der Waals surface area contributed by atoms with Crippen LogP contribution >= 0.6 is 34.2 Å². The van der Waals surface area contributed by atoms with E-state index >= 15 is 0 Å². The van der Waals surface area contributed by atoms with Crippen LogP contribution in [-0.2, 0) is 0 Å². The zero-order valence-corrected chi connectivity index (χ0v) is 12.9. The first-order chi connectivity index (χ1) is 9.49. The molecule has 20 heavy (non-hydrogen) atoms. The zero-order valence-electron chi connectivity index (χ0n) is 9.97. The first-order valence-corrected chi connectivity index (χ1v) is 6.94. The molecule has 0 aliphatic heterocycles. The molecular formula is C13H8ClIN2O3. The topological polar surface area (TPSA) is 72.2 Å². The highest BCUT2D eigenvalue weighted by Crippen LogP contribution is 2.28. The molecule has 0 unspecified atom stereocenters. The summed E-state index contributed by atoms with van der Waals surface area (Å²) in [5.41, 5.74) is 0.322. The van der Waals surface area contributed by atoms with E-state index in [1.165, 1.54) is 18.2 Å². The Labute approximate surface area is 133 Å². The molecule has 1 N–H and O–H groups in total. The molecule has 0 bridgehead atoms. The smallest absolute Gasteiger partial charge is 0.292 e. The Morgan fingerprint density at radius 1 is 1.25 bits per heavy atom. The van der Waals surface area contributed by atoms with Gasteiger partial charge in [-0.15, -0.1) is 0 Å². The summed E-state index contributed by atoms with van der Waals surface area (Å²) in [5.74, 6) is -0.416. The third-order valence-electron chi connectivity index (χ3n) is 2.52. The van der Waals surface area contributed by atoms with Crippen LogP contribution in [-0.4, -0.2) is 10.8 Å². The van der Waals surface area contributed by atoms with E-state index in [0.29, 0.717) is 10.6 Å². The second-order valence-electron chi connectivity index (χ2n) is 3.85. The standard InChI is InChI=1S/C13H8ClIN2O3/c14-8-5-6-12(17(19)20)11(7-8)16-13(18)9-3-1-2-4-10(9)15/h1-7H,(H,16,18). The van der Waals surface area contributed by atoms with E-state index in [0.717, 1.165) is 3.57 Å². The highest BCUT2D eigenvalue weighted by Gasteiger charge is 2.18. The minimum absolute atomic E-state index is 0.0761. The summed E-state index contributed by atoms with van der Waals surface area (Å²) < 4.78 is 0.757. The van der Waals surface area contributed by atoms with Crippen molar-refractivity contribution in [1.29, 1.82) is 0 Å². The van der Waals surface area contributed by atoms with E-state index in [4.69, 9.17) is 11.6 Å². The van der Waals surface area contributed by atoms with Gasteiger partial charge in [0.1, 0.15) is 5.69 Å². The molecule has 0 radical (unpaired) electrons. The van der Waals surface area contributed by atoms with E-state index in [-0.39, 0.29) is 11.4 Å². The van der Waals surface area contributed by atoms with Crippen molar-refractivity contribution in [2.45, 2.75) is 0 Å². The van der Waals surface area contributed by atoms with Gasteiger partial charge >= 0.3 is 0 Å². The molecule has 0 atom stereocenters. The monoisotopic (exact) mass is 402 g/mol. The molecule has 0 heterocycles. The fraction of sp³-hybridized carbons (Fsp3) is 0. The lowest BCUT2D eigenvalue weighted by molar-refractivity contribution is -0.383. The third-order valence-corrected chi connectivity index (χ3v) is 3.70. The van der Waals surface area contributed by atoms with Gasteiger partial charge in [0.05, 0.1) is 10.5 Å². The normalized spacial score (nSPS) is 10.1. The number of nitro groups is 1. The van der Waals surface area contributed by atoms with Gasteiger partial charge in [-0.3, -0.25) is 14.9 Å². The van der Waals surface area contributed by atoms with Crippen molar-refractivity contribution in [2.24, 2.45) is 0 Å². The molecule has 0 saturated heterocycles. The number of hydrogen-bond donors (Lipinski definition) is 1. The molecule has 102 valence electrons. The summed E-state index contributed by atoms with van der Waals surface area (Å²) in [5, 5.41) is 13.8. The van der Waals surface area contributed by atoms with E-state index in [1.54, 1.807) is 24.3 Å². The van der Waals surface area contributed by atoms with Crippen molar-refractivity contribution >= 4 is 51.5 Å². The summed E-state index contributed by atoms with van der Waals surface area (Å²) in [4.78, 5) is 22.5. The van der Waals surface area contributed by atoms with Crippen LogP contribution in [0.4, 0.5) is 11.4 Å².